The molecule has 0 radical (unpaired) electrons. The lowest BCUT2D eigenvalue weighted by Crippen LogP contribution is -2.02. The van der Waals surface area contributed by atoms with Gasteiger partial charge in [0.05, 0.1) is 27.6 Å². The summed E-state index contributed by atoms with van der Waals surface area (Å²) in [5.41, 5.74) is 10.0. The van der Waals surface area contributed by atoms with E-state index in [-0.39, 0.29) is 0 Å². The molecule has 0 N–H and O–H groups in total. The van der Waals surface area contributed by atoms with E-state index in [1.54, 1.807) is 0 Å². The number of hydrogen-bond donors (Lipinski definition) is 0. The molecule has 0 aliphatic heterocycles. The lowest BCUT2D eigenvalue weighted by molar-refractivity contribution is 1.07. The van der Waals surface area contributed by atoms with Crippen LogP contribution in [0.4, 0.5) is 0 Å². The molecule has 0 bridgehead atoms. The SMILES string of the molecule is Brc1cccc(-c2nc(-n3c4ccccc4c4cc(-c5ccc6c(c5)c5ccccc5n6-c5ccccc5)ccc43)c3ccccc3n2)c1. The number of benzene rings is 7. The van der Waals surface area contributed by atoms with E-state index in [1.807, 2.05) is 18.2 Å². The molecule has 10 aromatic rings. The van der Waals surface area contributed by atoms with Crippen molar-refractivity contribution < 1.29 is 0 Å². The third-order valence-corrected chi connectivity index (χ3v) is 10.1. The van der Waals surface area contributed by atoms with Crippen molar-refractivity contribution in [1.82, 2.24) is 19.1 Å². The van der Waals surface area contributed by atoms with E-state index >= 15 is 0 Å². The Kier molecular flexibility index (Phi) is 6.30. The quantitative estimate of drug-likeness (QED) is 0.184. The summed E-state index contributed by atoms with van der Waals surface area (Å²) in [5.74, 6) is 1.56. The van der Waals surface area contributed by atoms with Gasteiger partial charge in [-0.25, -0.2) is 9.97 Å². The molecule has 3 heterocycles. The fourth-order valence-corrected chi connectivity index (χ4v) is 7.77. The largest absolute Gasteiger partial charge is 0.309 e. The first-order valence-corrected chi connectivity index (χ1v) is 17.2. The van der Waals surface area contributed by atoms with Crippen molar-refractivity contribution in [2.75, 3.05) is 0 Å². The molecule has 0 unspecified atom stereocenters. The van der Waals surface area contributed by atoms with Crippen LogP contribution in [0.5, 0.6) is 0 Å². The highest BCUT2D eigenvalue weighted by molar-refractivity contribution is 9.10. The maximum Gasteiger partial charge on any atom is 0.162 e. The number of nitrogens with zero attached hydrogens (tertiary/aromatic N) is 4. The van der Waals surface area contributed by atoms with Crippen LogP contribution in [-0.4, -0.2) is 19.1 Å². The molecule has 7 aromatic carbocycles. The summed E-state index contributed by atoms with van der Waals surface area (Å²) < 4.78 is 5.66. The van der Waals surface area contributed by atoms with Crippen LogP contribution in [0.1, 0.15) is 0 Å². The van der Waals surface area contributed by atoms with E-state index in [0.29, 0.717) is 5.82 Å². The van der Waals surface area contributed by atoms with E-state index in [9.17, 15) is 0 Å². The molecule has 0 saturated heterocycles. The van der Waals surface area contributed by atoms with Gasteiger partial charge in [-0.3, -0.25) is 4.57 Å². The zero-order chi connectivity index (χ0) is 32.5. The highest BCUT2D eigenvalue weighted by Gasteiger charge is 2.19. The van der Waals surface area contributed by atoms with Crippen LogP contribution in [0.3, 0.4) is 0 Å². The second-order valence-electron chi connectivity index (χ2n) is 12.4. The Bertz CT molecular complexity index is 2900. The number of rotatable bonds is 4. The van der Waals surface area contributed by atoms with Crippen molar-refractivity contribution in [3.63, 3.8) is 0 Å². The Morgan fingerprint density at radius 3 is 1.65 bits per heavy atom. The summed E-state index contributed by atoms with van der Waals surface area (Å²) in [6.45, 7) is 0. The highest BCUT2D eigenvalue weighted by Crippen LogP contribution is 2.39. The third kappa shape index (κ3) is 4.43. The number of aromatic nitrogens is 4. The number of hydrogen-bond acceptors (Lipinski definition) is 2. The second kappa shape index (κ2) is 11.0. The fraction of sp³-hybridized carbons (Fsp3) is 0. The predicted molar refractivity (Wildman–Crippen MR) is 207 cm³/mol. The van der Waals surface area contributed by atoms with Crippen molar-refractivity contribution in [1.29, 1.82) is 0 Å². The minimum atomic E-state index is 0.695. The summed E-state index contributed by atoms with van der Waals surface area (Å²) in [6, 6.07) is 58.1. The van der Waals surface area contributed by atoms with E-state index in [0.717, 1.165) is 43.5 Å². The first kappa shape index (κ1) is 28.0. The Hall–Kier alpha value is -6.04. The molecule has 5 heteroatoms. The number of fused-ring (bicyclic) bond motifs is 7. The van der Waals surface area contributed by atoms with Gasteiger partial charge in [0.2, 0.25) is 0 Å². The molecule has 230 valence electrons. The van der Waals surface area contributed by atoms with Gasteiger partial charge in [-0.1, -0.05) is 107 Å². The van der Waals surface area contributed by atoms with E-state index in [4.69, 9.17) is 9.97 Å². The van der Waals surface area contributed by atoms with Crippen LogP contribution >= 0.6 is 15.9 Å². The molecule has 4 nitrogen and oxygen atoms in total. The van der Waals surface area contributed by atoms with Gasteiger partial charge >= 0.3 is 0 Å². The van der Waals surface area contributed by atoms with Crippen molar-refractivity contribution in [3.05, 3.63) is 168 Å². The molecule has 0 aliphatic carbocycles. The summed E-state index contributed by atoms with van der Waals surface area (Å²) in [6.07, 6.45) is 0. The van der Waals surface area contributed by atoms with Crippen molar-refractivity contribution in [2.24, 2.45) is 0 Å². The number of para-hydroxylation sites is 4. The third-order valence-electron chi connectivity index (χ3n) is 9.57. The Morgan fingerprint density at radius 2 is 0.959 bits per heavy atom. The van der Waals surface area contributed by atoms with Crippen LogP contribution < -0.4 is 0 Å². The molecular formula is C44H27BrN4. The Morgan fingerprint density at radius 1 is 0.388 bits per heavy atom. The lowest BCUT2D eigenvalue weighted by Gasteiger charge is -2.13. The van der Waals surface area contributed by atoms with Crippen molar-refractivity contribution >= 4 is 70.4 Å². The maximum absolute atomic E-state index is 5.25. The summed E-state index contributed by atoms with van der Waals surface area (Å²) in [4.78, 5) is 10.2. The highest BCUT2D eigenvalue weighted by atomic mass is 79.9. The molecule has 0 aliphatic rings. The van der Waals surface area contributed by atoms with E-state index < -0.39 is 0 Å². The lowest BCUT2D eigenvalue weighted by atomic mass is 10.0. The average molecular weight is 692 g/mol. The van der Waals surface area contributed by atoms with E-state index in [2.05, 4.69) is 171 Å². The summed E-state index contributed by atoms with van der Waals surface area (Å²) in [5, 5.41) is 5.87. The molecular weight excluding hydrogens is 664 g/mol. The minimum Gasteiger partial charge on any atom is -0.309 e. The predicted octanol–water partition coefficient (Wildman–Crippen LogP) is 11.9. The topological polar surface area (TPSA) is 35.6 Å². The van der Waals surface area contributed by atoms with E-state index in [1.165, 1.54) is 43.7 Å². The Labute approximate surface area is 290 Å². The smallest absolute Gasteiger partial charge is 0.162 e. The zero-order valence-corrected chi connectivity index (χ0v) is 27.8. The Balaban J connectivity index is 1.19. The molecule has 0 saturated carbocycles. The monoisotopic (exact) mass is 690 g/mol. The standard InChI is InChI=1S/C44H27BrN4/c45-31-12-10-11-30(25-31)43-46-38-18-7-4-17-35(38)44(47-43)49-40-20-9-6-16-34(40)37-27-29(22-24-42(37)49)28-21-23-41-36(26-28)33-15-5-8-19-39(33)48(41)32-13-2-1-3-14-32/h1-27H. The van der Waals surface area contributed by atoms with Gasteiger partial charge in [0.25, 0.3) is 0 Å². The van der Waals surface area contributed by atoms with Crippen molar-refractivity contribution in [3.8, 4) is 34.0 Å². The van der Waals surface area contributed by atoms with Crippen LogP contribution in [-0.2, 0) is 0 Å². The van der Waals surface area contributed by atoms with Crippen LogP contribution in [0.15, 0.2) is 168 Å². The minimum absolute atomic E-state index is 0.695. The zero-order valence-electron chi connectivity index (χ0n) is 26.3. The fourth-order valence-electron chi connectivity index (χ4n) is 7.38. The van der Waals surface area contributed by atoms with Crippen LogP contribution in [0.2, 0.25) is 0 Å². The molecule has 0 atom stereocenters. The first-order chi connectivity index (χ1) is 24.2. The van der Waals surface area contributed by atoms with Crippen LogP contribution in [0.25, 0.3) is 88.5 Å². The molecule has 3 aromatic heterocycles. The summed E-state index contributed by atoms with van der Waals surface area (Å²) in [7, 11) is 0. The van der Waals surface area contributed by atoms with Gasteiger partial charge in [-0.05, 0) is 83.9 Å². The van der Waals surface area contributed by atoms with Crippen molar-refractivity contribution in [2.45, 2.75) is 0 Å². The average Bonchev–Trinajstić information content (AvgIpc) is 3.67. The maximum atomic E-state index is 5.25. The molecule has 0 amide bonds. The number of halogens is 1. The van der Waals surface area contributed by atoms with Gasteiger partial charge in [0, 0.05) is 42.7 Å². The summed E-state index contributed by atoms with van der Waals surface area (Å²) >= 11 is 3.63. The van der Waals surface area contributed by atoms with Gasteiger partial charge in [-0.2, -0.15) is 0 Å². The second-order valence-corrected chi connectivity index (χ2v) is 13.3. The van der Waals surface area contributed by atoms with Gasteiger partial charge in [-0.15, -0.1) is 0 Å². The van der Waals surface area contributed by atoms with Gasteiger partial charge in [0.1, 0.15) is 5.82 Å². The molecule has 0 spiro atoms. The molecule has 10 rings (SSSR count). The first-order valence-electron chi connectivity index (χ1n) is 16.4. The normalized spacial score (nSPS) is 11.8. The van der Waals surface area contributed by atoms with Crippen LogP contribution in [0, 0.1) is 0 Å². The molecule has 49 heavy (non-hydrogen) atoms. The van der Waals surface area contributed by atoms with Gasteiger partial charge in [0.15, 0.2) is 5.82 Å². The van der Waals surface area contributed by atoms with Gasteiger partial charge < -0.3 is 4.57 Å². The molecule has 0 fully saturated rings.